The predicted octanol–water partition coefficient (Wildman–Crippen LogP) is 3.28. The molecule has 0 bridgehead atoms. The lowest BCUT2D eigenvalue weighted by Crippen LogP contribution is -2.08. The molecule has 1 atom stereocenters. The van der Waals surface area contributed by atoms with Crippen molar-refractivity contribution in [2.24, 2.45) is 10.9 Å². The van der Waals surface area contributed by atoms with Crippen LogP contribution in [-0.4, -0.2) is 27.7 Å². The number of Topliss-reactive ketones (excluding diaryl/α,β-unsaturated/α-hetero) is 1. The van der Waals surface area contributed by atoms with Crippen LogP contribution in [0.1, 0.15) is 37.7 Å². The van der Waals surface area contributed by atoms with Gasteiger partial charge >= 0.3 is 0 Å². The summed E-state index contributed by atoms with van der Waals surface area (Å²) in [5, 5.41) is 6.63. The number of nitrogens with one attached hydrogen (secondary N) is 1. The molecule has 1 aliphatic heterocycles. The normalized spacial score (nSPS) is 19.1. The Morgan fingerprint density at radius 3 is 3.00 bits per heavy atom. The molecule has 0 radical (unpaired) electrons. The molecule has 1 aromatic rings. The summed E-state index contributed by atoms with van der Waals surface area (Å²) < 4.78 is 0. The SMILES string of the molecule is CC(=O)c1csc(NC2=NC(CC(C)C)CS2)n1. The topological polar surface area (TPSA) is 54.4 Å². The molecule has 1 unspecified atom stereocenters. The minimum Gasteiger partial charge on any atom is -0.311 e. The van der Waals surface area contributed by atoms with Gasteiger partial charge in [-0.25, -0.2) is 4.98 Å². The van der Waals surface area contributed by atoms with E-state index in [1.54, 1.807) is 17.1 Å². The van der Waals surface area contributed by atoms with Crippen molar-refractivity contribution in [2.75, 3.05) is 11.1 Å². The molecule has 4 nitrogen and oxygen atoms in total. The van der Waals surface area contributed by atoms with E-state index in [9.17, 15) is 4.79 Å². The number of thioether (sulfide) groups is 1. The molecule has 2 rings (SSSR count). The minimum absolute atomic E-state index is 0.00185. The van der Waals surface area contributed by atoms with Gasteiger partial charge in [0.15, 0.2) is 16.1 Å². The van der Waals surface area contributed by atoms with Crippen LogP contribution in [0.5, 0.6) is 0 Å². The second kappa shape index (κ2) is 5.84. The Kier molecular flexibility index (Phi) is 4.40. The summed E-state index contributed by atoms with van der Waals surface area (Å²) in [7, 11) is 0. The zero-order valence-electron chi connectivity index (χ0n) is 10.8. The van der Waals surface area contributed by atoms with E-state index in [0.29, 0.717) is 17.7 Å². The third-order valence-corrected chi connectivity index (χ3v) is 4.32. The lowest BCUT2D eigenvalue weighted by Gasteiger charge is -2.07. The van der Waals surface area contributed by atoms with Crippen molar-refractivity contribution in [1.29, 1.82) is 0 Å². The summed E-state index contributed by atoms with van der Waals surface area (Å²) >= 11 is 3.17. The summed E-state index contributed by atoms with van der Waals surface area (Å²) in [6.07, 6.45) is 1.12. The number of aliphatic imine (C=N–C) groups is 1. The first-order valence-corrected chi connectivity index (χ1v) is 7.85. The van der Waals surface area contributed by atoms with Crippen molar-refractivity contribution in [3.8, 4) is 0 Å². The van der Waals surface area contributed by atoms with Gasteiger partial charge in [0.2, 0.25) is 0 Å². The Hall–Kier alpha value is -0.880. The number of ketones is 1. The maximum atomic E-state index is 11.2. The van der Waals surface area contributed by atoms with E-state index in [2.05, 4.69) is 29.1 Å². The number of anilines is 1. The summed E-state index contributed by atoms with van der Waals surface area (Å²) in [5.74, 6) is 1.70. The molecule has 0 spiro atoms. The van der Waals surface area contributed by atoms with Crippen molar-refractivity contribution in [3.05, 3.63) is 11.1 Å². The van der Waals surface area contributed by atoms with E-state index >= 15 is 0 Å². The fourth-order valence-electron chi connectivity index (χ4n) is 1.73. The van der Waals surface area contributed by atoms with Gasteiger partial charge in [-0.15, -0.1) is 11.3 Å². The zero-order valence-corrected chi connectivity index (χ0v) is 12.4. The van der Waals surface area contributed by atoms with Gasteiger partial charge < -0.3 is 5.32 Å². The van der Waals surface area contributed by atoms with Gasteiger partial charge in [0.25, 0.3) is 0 Å². The first kappa shape index (κ1) is 13.5. The highest BCUT2D eigenvalue weighted by Crippen LogP contribution is 2.25. The average Bonchev–Trinajstić information content (AvgIpc) is 2.88. The minimum atomic E-state index is -0.00185. The largest absolute Gasteiger partial charge is 0.311 e. The second-order valence-corrected chi connectivity index (χ2v) is 6.61. The predicted molar refractivity (Wildman–Crippen MR) is 78.9 cm³/mol. The molecule has 0 saturated heterocycles. The lowest BCUT2D eigenvalue weighted by atomic mass is 10.1. The molecule has 98 valence electrons. The first-order valence-electron chi connectivity index (χ1n) is 5.98. The van der Waals surface area contributed by atoms with Gasteiger partial charge in [0.05, 0.1) is 6.04 Å². The molecule has 6 heteroatoms. The van der Waals surface area contributed by atoms with E-state index in [1.807, 2.05) is 0 Å². The van der Waals surface area contributed by atoms with E-state index in [1.165, 1.54) is 18.3 Å². The van der Waals surface area contributed by atoms with E-state index in [0.717, 1.165) is 22.5 Å². The van der Waals surface area contributed by atoms with E-state index in [-0.39, 0.29) is 5.78 Å². The monoisotopic (exact) mass is 283 g/mol. The van der Waals surface area contributed by atoms with Crippen LogP contribution < -0.4 is 5.32 Å². The number of carbonyl (C=O) groups excluding carboxylic acids is 1. The van der Waals surface area contributed by atoms with Crippen molar-refractivity contribution >= 4 is 39.2 Å². The maximum Gasteiger partial charge on any atom is 0.189 e. The second-order valence-electron chi connectivity index (χ2n) is 4.75. The van der Waals surface area contributed by atoms with Crippen LogP contribution in [0, 0.1) is 5.92 Å². The van der Waals surface area contributed by atoms with Gasteiger partial charge in [-0.2, -0.15) is 0 Å². The average molecular weight is 283 g/mol. The first-order chi connectivity index (χ1) is 8.54. The quantitative estimate of drug-likeness (QED) is 0.862. The summed E-state index contributed by atoms with van der Waals surface area (Å²) in [5.41, 5.74) is 0.518. The molecule has 0 fully saturated rings. The smallest absolute Gasteiger partial charge is 0.189 e. The van der Waals surface area contributed by atoms with Crippen molar-refractivity contribution in [3.63, 3.8) is 0 Å². The Labute approximate surface area is 115 Å². The highest BCUT2D eigenvalue weighted by atomic mass is 32.2. The van der Waals surface area contributed by atoms with Crippen molar-refractivity contribution in [2.45, 2.75) is 33.2 Å². The van der Waals surface area contributed by atoms with E-state index in [4.69, 9.17) is 0 Å². The summed E-state index contributed by atoms with van der Waals surface area (Å²) in [4.78, 5) is 20.0. The Morgan fingerprint density at radius 1 is 1.61 bits per heavy atom. The van der Waals surface area contributed by atoms with Crippen LogP contribution in [0.3, 0.4) is 0 Å². The maximum absolute atomic E-state index is 11.2. The van der Waals surface area contributed by atoms with Gasteiger partial charge in [0, 0.05) is 18.1 Å². The number of hydrogen-bond donors (Lipinski definition) is 1. The molecule has 2 heterocycles. The zero-order chi connectivity index (χ0) is 13.1. The number of rotatable bonds is 4. The number of hydrogen-bond acceptors (Lipinski definition) is 6. The third kappa shape index (κ3) is 3.55. The molecule has 0 aromatic carbocycles. The van der Waals surface area contributed by atoms with Gasteiger partial charge in [0.1, 0.15) is 5.69 Å². The van der Waals surface area contributed by atoms with Gasteiger partial charge in [-0.05, 0) is 12.3 Å². The molecular weight excluding hydrogens is 266 g/mol. The standard InChI is InChI=1S/C12H17N3OS2/c1-7(2)4-9-5-17-11(13-9)15-12-14-10(6-18-12)8(3)16/h6-7,9H,4-5H2,1-3H3,(H,13,14,15). The Bertz CT molecular complexity index is 468. The number of nitrogens with zero attached hydrogens (tertiary/aromatic N) is 2. The van der Waals surface area contributed by atoms with Crippen LogP contribution in [0.25, 0.3) is 0 Å². The highest BCUT2D eigenvalue weighted by Gasteiger charge is 2.20. The van der Waals surface area contributed by atoms with E-state index < -0.39 is 0 Å². The summed E-state index contributed by atoms with van der Waals surface area (Å²) in [6, 6.07) is 0.407. The molecule has 0 aliphatic carbocycles. The van der Waals surface area contributed by atoms with Crippen LogP contribution in [0.15, 0.2) is 10.4 Å². The lowest BCUT2D eigenvalue weighted by molar-refractivity contribution is 0.101. The van der Waals surface area contributed by atoms with Crippen LogP contribution >= 0.6 is 23.1 Å². The molecule has 1 aromatic heterocycles. The number of thiazole rings is 1. The van der Waals surface area contributed by atoms with Gasteiger partial charge in [-0.1, -0.05) is 25.6 Å². The number of carbonyl (C=O) groups is 1. The molecule has 1 aliphatic rings. The fraction of sp³-hybridized carbons (Fsp3) is 0.583. The number of aromatic nitrogens is 1. The Balaban J connectivity index is 1.95. The molecular formula is C12H17N3OS2. The van der Waals surface area contributed by atoms with Crippen molar-refractivity contribution in [1.82, 2.24) is 4.98 Å². The van der Waals surface area contributed by atoms with Crippen LogP contribution in [0.4, 0.5) is 5.13 Å². The van der Waals surface area contributed by atoms with Crippen molar-refractivity contribution < 1.29 is 4.79 Å². The Morgan fingerprint density at radius 2 is 2.39 bits per heavy atom. The summed E-state index contributed by atoms with van der Waals surface area (Å²) in [6.45, 7) is 5.95. The fourth-order valence-corrected chi connectivity index (χ4v) is 3.50. The molecule has 0 amide bonds. The van der Waals surface area contributed by atoms with Gasteiger partial charge in [-0.3, -0.25) is 9.79 Å². The van der Waals surface area contributed by atoms with Crippen LogP contribution in [-0.2, 0) is 0 Å². The number of amidine groups is 1. The molecule has 1 N–H and O–H groups in total. The van der Waals surface area contributed by atoms with Crippen LogP contribution in [0.2, 0.25) is 0 Å². The third-order valence-electron chi connectivity index (χ3n) is 2.53. The molecule has 18 heavy (non-hydrogen) atoms. The molecule has 0 saturated carbocycles. The highest BCUT2D eigenvalue weighted by molar-refractivity contribution is 8.14.